The van der Waals surface area contributed by atoms with Crippen LogP contribution in [-0.2, 0) is 11.3 Å². The highest BCUT2D eigenvalue weighted by Gasteiger charge is 2.22. The van der Waals surface area contributed by atoms with E-state index in [1.165, 1.54) is 12.0 Å². The smallest absolute Gasteiger partial charge is 0.163 e. The van der Waals surface area contributed by atoms with Crippen molar-refractivity contribution in [3.05, 3.63) is 71.8 Å². The molecule has 0 aliphatic rings. The monoisotopic (exact) mass is 366 g/mol. The Bertz CT molecular complexity index is 661. The van der Waals surface area contributed by atoms with E-state index < -0.39 is 0 Å². The van der Waals surface area contributed by atoms with Gasteiger partial charge in [0.05, 0.1) is 6.61 Å². The van der Waals surface area contributed by atoms with Gasteiger partial charge in [-0.3, -0.25) is 4.79 Å². The van der Waals surface area contributed by atoms with E-state index in [4.69, 9.17) is 4.74 Å². The highest BCUT2D eigenvalue weighted by molar-refractivity contribution is 5.96. The summed E-state index contributed by atoms with van der Waals surface area (Å²) in [6.45, 7) is 8.23. The Morgan fingerprint density at radius 2 is 1.59 bits per heavy atom. The molecule has 0 aromatic heterocycles. The maximum absolute atomic E-state index is 12.4. The number of carbonyl (C=O) groups is 1. The SMILES string of the molecule is CC(CCCC(C)(C)CC(=O)c1ccccc1)CCOCc1ccccc1. The zero-order valence-electron chi connectivity index (χ0n) is 17.1. The number of carbonyl (C=O) groups excluding carboxylic acids is 1. The maximum Gasteiger partial charge on any atom is 0.163 e. The van der Waals surface area contributed by atoms with Crippen molar-refractivity contribution in [2.45, 2.75) is 59.5 Å². The lowest BCUT2D eigenvalue weighted by atomic mass is 9.80. The molecule has 0 spiro atoms. The number of hydrogen-bond acceptors (Lipinski definition) is 2. The van der Waals surface area contributed by atoms with Crippen molar-refractivity contribution in [3.8, 4) is 0 Å². The first-order valence-electron chi connectivity index (χ1n) is 10.2. The first kappa shape index (κ1) is 21.4. The molecule has 1 unspecified atom stereocenters. The Hall–Kier alpha value is -1.93. The van der Waals surface area contributed by atoms with E-state index in [1.807, 2.05) is 48.5 Å². The van der Waals surface area contributed by atoms with Gasteiger partial charge in [-0.2, -0.15) is 0 Å². The third kappa shape index (κ3) is 8.53. The van der Waals surface area contributed by atoms with Crippen LogP contribution < -0.4 is 0 Å². The number of rotatable bonds is 12. The minimum absolute atomic E-state index is 0.0520. The van der Waals surface area contributed by atoms with Crippen molar-refractivity contribution in [1.29, 1.82) is 0 Å². The van der Waals surface area contributed by atoms with E-state index in [0.29, 0.717) is 18.9 Å². The summed E-state index contributed by atoms with van der Waals surface area (Å²) in [5.41, 5.74) is 2.11. The molecule has 2 aromatic carbocycles. The first-order valence-corrected chi connectivity index (χ1v) is 10.2. The van der Waals surface area contributed by atoms with Gasteiger partial charge in [-0.1, -0.05) is 94.3 Å². The fraction of sp³-hybridized carbons (Fsp3) is 0.480. The fourth-order valence-electron chi connectivity index (χ4n) is 3.37. The Morgan fingerprint density at radius 1 is 0.963 bits per heavy atom. The Balaban J connectivity index is 1.60. The van der Waals surface area contributed by atoms with Gasteiger partial charge in [0.15, 0.2) is 5.78 Å². The third-order valence-electron chi connectivity index (χ3n) is 5.15. The number of ether oxygens (including phenoxy) is 1. The van der Waals surface area contributed by atoms with Gasteiger partial charge >= 0.3 is 0 Å². The molecule has 146 valence electrons. The molecule has 2 aromatic rings. The highest BCUT2D eigenvalue weighted by Crippen LogP contribution is 2.30. The molecule has 2 rings (SSSR count). The predicted octanol–water partition coefficient (Wildman–Crippen LogP) is 6.70. The molecule has 0 aliphatic carbocycles. The summed E-state index contributed by atoms with van der Waals surface area (Å²) in [4.78, 5) is 12.4. The van der Waals surface area contributed by atoms with Gasteiger partial charge < -0.3 is 4.74 Å². The highest BCUT2D eigenvalue weighted by atomic mass is 16.5. The topological polar surface area (TPSA) is 26.3 Å². The minimum Gasteiger partial charge on any atom is -0.377 e. The summed E-state index contributed by atoms with van der Waals surface area (Å²) in [5, 5.41) is 0. The Morgan fingerprint density at radius 3 is 2.26 bits per heavy atom. The lowest BCUT2D eigenvalue weighted by Crippen LogP contribution is -2.17. The predicted molar refractivity (Wildman–Crippen MR) is 113 cm³/mol. The lowest BCUT2D eigenvalue weighted by Gasteiger charge is -2.24. The quantitative estimate of drug-likeness (QED) is 0.309. The molecule has 0 saturated heterocycles. The van der Waals surface area contributed by atoms with Gasteiger partial charge in [0.25, 0.3) is 0 Å². The summed E-state index contributed by atoms with van der Waals surface area (Å²) in [5.74, 6) is 0.907. The van der Waals surface area contributed by atoms with Crippen LogP contribution in [0.3, 0.4) is 0 Å². The van der Waals surface area contributed by atoms with E-state index in [-0.39, 0.29) is 11.2 Å². The van der Waals surface area contributed by atoms with Crippen LogP contribution in [0.25, 0.3) is 0 Å². The van der Waals surface area contributed by atoms with Crippen molar-refractivity contribution in [3.63, 3.8) is 0 Å². The van der Waals surface area contributed by atoms with Crippen molar-refractivity contribution in [1.82, 2.24) is 0 Å². The van der Waals surface area contributed by atoms with E-state index in [9.17, 15) is 4.79 Å². The molecule has 0 aliphatic heterocycles. The third-order valence-corrected chi connectivity index (χ3v) is 5.15. The number of benzene rings is 2. The van der Waals surface area contributed by atoms with E-state index in [0.717, 1.165) is 31.4 Å². The molecule has 0 fully saturated rings. The average molecular weight is 367 g/mol. The molecule has 0 radical (unpaired) electrons. The largest absolute Gasteiger partial charge is 0.377 e. The molecular formula is C25H34O2. The summed E-state index contributed by atoms with van der Waals surface area (Å²) in [6.07, 6.45) is 5.15. The van der Waals surface area contributed by atoms with Gasteiger partial charge in [-0.05, 0) is 29.7 Å². The van der Waals surface area contributed by atoms with Gasteiger partial charge in [0.2, 0.25) is 0 Å². The average Bonchev–Trinajstić information content (AvgIpc) is 2.66. The molecule has 2 nitrogen and oxygen atoms in total. The lowest BCUT2D eigenvalue weighted by molar-refractivity contribution is 0.0921. The van der Waals surface area contributed by atoms with Crippen LogP contribution in [-0.4, -0.2) is 12.4 Å². The van der Waals surface area contributed by atoms with Crippen LogP contribution in [0.15, 0.2) is 60.7 Å². The van der Waals surface area contributed by atoms with Crippen LogP contribution in [0.2, 0.25) is 0 Å². The van der Waals surface area contributed by atoms with Crippen molar-refractivity contribution < 1.29 is 9.53 Å². The van der Waals surface area contributed by atoms with E-state index >= 15 is 0 Å². The maximum atomic E-state index is 12.4. The second-order valence-corrected chi connectivity index (χ2v) is 8.45. The zero-order chi connectivity index (χ0) is 19.5. The molecule has 0 heterocycles. The van der Waals surface area contributed by atoms with Crippen LogP contribution in [0, 0.1) is 11.3 Å². The van der Waals surface area contributed by atoms with Crippen molar-refractivity contribution in [2.75, 3.05) is 6.61 Å². The molecule has 1 atom stereocenters. The summed E-state index contributed by atoms with van der Waals surface area (Å²) < 4.78 is 5.79. The van der Waals surface area contributed by atoms with Crippen molar-refractivity contribution in [2.24, 2.45) is 11.3 Å². The zero-order valence-corrected chi connectivity index (χ0v) is 17.1. The molecule has 27 heavy (non-hydrogen) atoms. The number of Topliss-reactive ketones (excluding diaryl/α,β-unsaturated/α-hetero) is 1. The standard InChI is InChI=1S/C25H34O2/c1-21(16-18-27-20-22-12-6-4-7-13-22)11-10-17-25(2,3)19-24(26)23-14-8-5-9-15-23/h4-9,12-15,21H,10-11,16-20H2,1-3H3. The second-order valence-electron chi connectivity index (χ2n) is 8.45. The second kappa shape index (κ2) is 11.0. The molecule has 0 bridgehead atoms. The summed E-state index contributed by atoms with van der Waals surface area (Å²) in [7, 11) is 0. The Labute approximate surface area is 165 Å². The van der Waals surface area contributed by atoms with Gasteiger partial charge in [-0.15, -0.1) is 0 Å². The van der Waals surface area contributed by atoms with Crippen LogP contribution in [0.5, 0.6) is 0 Å². The first-order chi connectivity index (χ1) is 13.0. The normalized spacial score (nSPS) is 12.7. The summed E-state index contributed by atoms with van der Waals surface area (Å²) in [6, 6.07) is 20.0. The van der Waals surface area contributed by atoms with Gasteiger partial charge in [0.1, 0.15) is 0 Å². The minimum atomic E-state index is 0.0520. The molecule has 2 heteroatoms. The van der Waals surface area contributed by atoms with Crippen molar-refractivity contribution >= 4 is 5.78 Å². The summed E-state index contributed by atoms with van der Waals surface area (Å²) >= 11 is 0. The van der Waals surface area contributed by atoms with Gasteiger partial charge in [0, 0.05) is 18.6 Å². The fourth-order valence-corrected chi connectivity index (χ4v) is 3.37. The van der Waals surface area contributed by atoms with Crippen LogP contribution in [0.1, 0.15) is 68.8 Å². The van der Waals surface area contributed by atoms with Crippen LogP contribution >= 0.6 is 0 Å². The number of ketones is 1. The molecule has 0 N–H and O–H groups in total. The molecule has 0 saturated carbocycles. The Kier molecular flexibility index (Phi) is 8.74. The van der Waals surface area contributed by atoms with E-state index in [1.54, 1.807) is 0 Å². The van der Waals surface area contributed by atoms with Gasteiger partial charge in [-0.25, -0.2) is 0 Å². The molecule has 0 amide bonds. The number of hydrogen-bond donors (Lipinski definition) is 0. The molecular weight excluding hydrogens is 332 g/mol. The van der Waals surface area contributed by atoms with E-state index in [2.05, 4.69) is 32.9 Å². The van der Waals surface area contributed by atoms with Crippen LogP contribution in [0.4, 0.5) is 0 Å².